The number of hydrogen-bond acceptors (Lipinski definition) is 3. The molecule has 2 heterocycles. The zero-order valence-corrected chi connectivity index (χ0v) is 12.2. The van der Waals surface area contributed by atoms with E-state index in [0.717, 1.165) is 13.1 Å². The largest absolute Gasteiger partial charge is 0.469 e. The highest BCUT2D eigenvalue weighted by atomic mass is 16.3. The van der Waals surface area contributed by atoms with Crippen molar-refractivity contribution in [3.8, 4) is 0 Å². The lowest BCUT2D eigenvalue weighted by atomic mass is 9.98. The SMILES string of the molecule is Cc1occc1C(=O)NCC(C)(C)N1CCCCC1. The number of carbonyl (C=O) groups excluding carboxylic acids is 1. The van der Waals surface area contributed by atoms with Crippen molar-refractivity contribution in [2.45, 2.75) is 45.6 Å². The lowest BCUT2D eigenvalue weighted by Gasteiger charge is -2.41. The summed E-state index contributed by atoms with van der Waals surface area (Å²) in [5.74, 6) is 0.629. The highest BCUT2D eigenvalue weighted by Gasteiger charge is 2.28. The van der Waals surface area contributed by atoms with Gasteiger partial charge in [0, 0.05) is 12.1 Å². The average Bonchev–Trinajstić information content (AvgIpc) is 2.83. The molecular weight excluding hydrogens is 240 g/mol. The van der Waals surface area contributed by atoms with Crippen molar-refractivity contribution >= 4 is 5.91 Å². The molecule has 0 bridgehead atoms. The lowest BCUT2D eigenvalue weighted by molar-refractivity contribution is 0.0796. The highest BCUT2D eigenvalue weighted by Crippen LogP contribution is 2.20. The number of likely N-dealkylation sites (tertiary alicyclic amines) is 1. The maximum absolute atomic E-state index is 12.1. The van der Waals surface area contributed by atoms with Gasteiger partial charge in [0.15, 0.2) is 0 Å². The summed E-state index contributed by atoms with van der Waals surface area (Å²) in [6, 6.07) is 1.72. The minimum Gasteiger partial charge on any atom is -0.469 e. The van der Waals surface area contributed by atoms with Crippen molar-refractivity contribution in [3.63, 3.8) is 0 Å². The molecule has 1 aromatic rings. The van der Waals surface area contributed by atoms with E-state index >= 15 is 0 Å². The van der Waals surface area contributed by atoms with E-state index in [0.29, 0.717) is 17.9 Å². The first-order chi connectivity index (χ1) is 9.00. The third-order valence-corrected chi connectivity index (χ3v) is 4.00. The molecule has 0 saturated carbocycles. The minimum absolute atomic E-state index is 0.00766. The van der Waals surface area contributed by atoms with Crippen LogP contribution in [-0.4, -0.2) is 36.0 Å². The summed E-state index contributed by atoms with van der Waals surface area (Å²) in [7, 11) is 0. The number of aryl methyl sites for hydroxylation is 1. The zero-order valence-electron chi connectivity index (χ0n) is 12.2. The van der Waals surface area contributed by atoms with Gasteiger partial charge in [-0.05, 0) is 52.8 Å². The topological polar surface area (TPSA) is 45.5 Å². The summed E-state index contributed by atoms with van der Waals surface area (Å²) in [5, 5.41) is 3.02. The van der Waals surface area contributed by atoms with E-state index in [2.05, 4.69) is 24.1 Å². The standard InChI is InChI=1S/C15H24N2O2/c1-12-13(7-10-19-12)14(18)16-11-15(2,3)17-8-5-4-6-9-17/h7,10H,4-6,8-9,11H2,1-3H3,(H,16,18). The molecule has 19 heavy (non-hydrogen) atoms. The van der Waals surface area contributed by atoms with Crippen LogP contribution in [0.4, 0.5) is 0 Å². The lowest BCUT2D eigenvalue weighted by Crippen LogP contribution is -2.53. The number of piperidine rings is 1. The second-order valence-corrected chi connectivity index (χ2v) is 5.93. The van der Waals surface area contributed by atoms with Gasteiger partial charge in [-0.3, -0.25) is 9.69 Å². The van der Waals surface area contributed by atoms with Crippen molar-refractivity contribution in [3.05, 3.63) is 23.7 Å². The molecule has 0 unspecified atom stereocenters. The first-order valence-corrected chi connectivity index (χ1v) is 7.08. The number of nitrogens with one attached hydrogen (secondary N) is 1. The Morgan fingerprint density at radius 3 is 2.63 bits per heavy atom. The zero-order chi connectivity index (χ0) is 13.9. The molecule has 4 heteroatoms. The van der Waals surface area contributed by atoms with E-state index in [1.165, 1.54) is 19.3 Å². The maximum atomic E-state index is 12.1. The first kappa shape index (κ1) is 14.1. The Balaban J connectivity index is 1.90. The van der Waals surface area contributed by atoms with E-state index in [1.807, 2.05) is 6.92 Å². The normalized spacial score (nSPS) is 17.4. The number of amides is 1. The van der Waals surface area contributed by atoms with E-state index in [4.69, 9.17) is 4.42 Å². The predicted molar refractivity (Wildman–Crippen MR) is 75.3 cm³/mol. The van der Waals surface area contributed by atoms with Crippen molar-refractivity contribution in [2.24, 2.45) is 0 Å². The molecule has 0 radical (unpaired) electrons. The maximum Gasteiger partial charge on any atom is 0.254 e. The van der Waals surface area contributed by atoms with Crippen LogP contribution in [0.1, 0.15) is 49.2 Å². The molecule has 4 nitrogen and oxygen atoms in total. The van der Waals surface area contributed by atoms with Gasteiger partial charge in [-0.1, -0.05) is 6.42 Å². The third kappa shape index (κ3) is 3.38. The van der Waals surface area contributed by atoms with Gasteiger partial charge < -0.3 is 9.73 Å². The van der Waals surface area contributed by atoms with E-state index in [9.17, 15) is 4.79 Å². The molecule has 2 rings (SSSR count). The van der Waals surface area contributed by atoms with E-state index in [1.54, 1.807) is 12.3 Å². The summed E-state index contributed by atoms with van der Waals surface area (Å²) in [4.78, 5) is 14.5. The summed E-state index contributed by atoms with van der Waals surface area (Å²) in [5.41, 5.74) is 0.641. The molecule has 1 saturated heterocycles. The Hall–Kier alpha value is -1.29. The fourth-order valence-electron chi connectivity index (χ4n) is 2.62. The van der Waals surface area contributed by atoms with Crippen LogP contribution < -0.4 is 5.32 Å². The quantitative estimate of drug-likeness (QED) is 0.909. The van der Waals surface area contributed by atoms with Gasteiger partial charge in [0.1, 0.15) is 5.76 Å². The van der Waals surface area contributed by atoms with Crippen LogP contribution >= 0.6 is 0 Å². The average molecular weight is 264 g/mol. The van der Waals surface area contributed by atoms with Gasteiger partial charge in [-0.2, -0.15) is 0 Å². The second kappa shape index (κ2) is 5.78. The van der Waals surface area contributed by atoms with Gasteiger partial charge in [0.25, 0.3) is 5.91 Å². The Kier molecular flexibility index (Phi) is 4.30. The molecule has 1 aliphatic rings. The number of rotatable bonds is 4. The minimum atomic E-state index is -0.0451. The van der Waals surface area contributed by atoms with Crippen LogP contribution in [0.5, 0.6) is 0 Å². The molecule has 1 amide bonds. The van der Waals surface area contributed by atoms with Gasteiger partial charge in [-0.25, -0.2) is 0 Å². The molecule has 0 atom stereocenters. The van der Waals surface area contributed by atoms with Crippen LogP contribution in [0.2, 0.25) is 0 Å². The number of furan rings is 1. The summed E-state index contributed by atoms with van der Waals surface area (Å²) in [6.07, 6.45) is 5.41. The van der Waals surface area contributed by atoms with Crippen molar-refractivity contribution in [1.29, 1.82) is 0 Å². The second-order valence-electron chi connectivity index (χ2n) is 5.93. The van der Waals surface area contributed by atoms with Gasteiger partial charge in [-0.15, -0.1) is 0 Å². The van der Waals surface area contributed by atoms with Crippen molar-refractivity contribution in [1.82, 2.24) is 10.2 Å². The first-order valence-electron chi connectivity index (χ1n) is 7.08. The number of hydrogen-bond donors (Lipinski definition) is 1. The predicted octanol–water partition coefficient (Wildman–Crippen LogP) is 2.58. The van der Waals surface area contributed by atoms with Crippen LogP contribution in [0.25, 0.3) is 0 Å². The molecule has 1 N–H and O–H groups in total. The molecule has 1 aromatic heterocycles. The van der Waals surface area contributed by atoms with Crippen molar-refractivity contribution < 1.29 is 9.21 Å². The molecule has 0 aliphatic carbocycles. The summed E-state index contributed by atoms with van der Waals surface area (Å²) in [6.45, 7) is 9.13. The summed E-state index contributed by atoms with van der Waals surface area (Å²) >= 11 is 0. The molecule has 1 aliphatic heterocycles. The third-order valence-electron chi connectivity index (χ3n) is 4.00. The smallest absolute Gasteiger partial charge is 0.254 e. The van der Waals surface area contributed by atoms with Crippen molar-refractivity contribution in [2.75, 3.05) is 19.6 Å². The van der Waals surface area contributed by atoms with Gasteiger partial charge in [0.05, 0.1) is 11.8 Å². The molecule has 1 fully saturated rings. The fraction of sp³-hybridized carbons (Fsp3) is 0.667. The highest BCUT2D eigenvalue weighted by molar-refractivity contribution is 5.95. The Bertz CT molecular complexity index is 431. The Morgan fingerprint density at radius 2 is 2.05 bits per heavy atom. The monoisotopic (exact) mass is 264 g/mol. The number of nitrogens with zero attached hydrogens (tertiary/aromatic N) is 1. The van der Waals surface area contributed by atoms with Gasteiger partial charge in [0.2, 0.25) is 0 Å². The van der Waals surface area contributed by atoms with Gasteiger partial charge >= 0.3 is 0 Å². The molecule has 0 spiro atoms. The van der Waals surface area contributed by atoms with E-state index in [-0.39, 0.29) is 11.4 Å². The molecule has 0 aromatic carbocycles. The van der Waals surface area contributed by atoms with Crippen LogP contribution in [0.15, 0.2) is 16.7 Å². The van der Waals surface area contributed by atoms with Crippen LogP contribution in [0.3, 0.4) is 0 Å². The van der Waals surface area contributed by atoms with Crippen LogP contribution in [0, 0.1) is 6.92 Å². The number of carbonyl (C=O) groups is 1. The molecular formula is C15H24N2O2. The Labute approximate surface area is 115 Å². The fourth-order valence-corrected chi connectivity index (χ4v) is 2.62. The van der Waals surface area contributed by atoms with Crippen LogP contribution in [-0.2, 0) is 0 Å². The summed E-state index contributed by atoms with van der Waals surface area (Å²) < 4.78 is 5.16. The Morgan fingerprint density at radius 1 is 1.37 bits per heavy atom. The molecule has 106 valence electrons. The van der Waals surface area contributed by atoms with E-state index < -0.39 is 0 Å².